The Bertz CT molecular complexity index is 260. The molecular weight excluding hydrogens is 164 g/mol. The lowest BCUT2D eigenvalue weighted by atomic mass is 10.0. The molecule has 5 N–H and O–H groups in total. The molecule has 0 atom stereocenters. The van der Waals surface area contributed by atoms with E-state index < -0.39 is 0 Å². The van der Waals surface area contributed by atoms with Crippen LogP contribution < -0.4 is 11.5 Å². The van der Waals surface area contributed by atoms with Crippen molar-refractivity contribution in [3.8, 4) is 0 Å². The molecule has 3 nitrogen and oxygen atoms in total. The zero-order valence-electron chi connectivity index (χ0n) is 7.66. The molecule has 13 heavy (non-hydrogen) atoms. The molecule has 0 radical (unpaired) electrons. The first-order valence-electron chi connectivity index (χ1n) is 4.52. The predicted molar refractivity (Wildman–Crippen MR) is 54.0 cm³/mol. The summed E-state index contributed by atoms with van der Waals surface area (Å²) < 4.78 is 0. The van der Waals surface area contributed by atoms with Crippen LogP contribution in [0.2, 0.25) is 0 Å². The van der Waals surface area contributed by atoms with Crippen LogP contribution in [0.1, 0.15) is 19.3 Å². The van der Waals surface area contributed by atoms with E-state index in [2.05, 4.69) is 0 Å². The second-order valence-corrected chi connectivity index (χ2v) is 3.10. The quantitative estimate of drug-likeness (QED) is 0.451. The van der Waals surface area contributed by atoms with Gasteiger partial charge in [0.05, 0.1) is 0 Å². The maximum absolute atomic E-state index is 9.12. The van der Waals surface area contributed by atoms with E-state index in [0.717, 1.165) is 30.4 Å². The minimum atomic E-state index is -0.0900. The highest BCUT2D eigenvalue weighted by Gasteiger charge is 2.09. The van der Waals surface area contributed by atoms with E-state index in [0.29, 0.717) is 6.54 Å². The van der Waals surface area contributed by atoms with E-state index in [1.54, 1.807) is 0 Å². The topological polar surface area (TPSA) is 72.3 Å². The molecule has 0 unspecified atom stereocenters. The Morgan fingerprint density at radius 3 is 2.77 bits per heavy atom. The summed E-state index contributed by atoms with van der Waals surface area (Å²) in [6.45, 7) is 0.717. The Kier molecular flexibility index (Phi) is 3.58. The van der Waals surface area contributed by atoms with E-state index in [-0.39, 0.29) is 5.88 Å². The molecule has 0 fully saturated rings. The molecule has 0 heterocycles. The van der Waals surface area contributed by atoms with Crippen LogP contribution in [0.4, 0.5) is 0 Å². The Morgan fingerprint density at radius 1 is 1.38 bits per heavy atom. The lowest BCUT2D eigenvalue weighted by molar-refractivity contribution is 0.401. The average Bonchev–Trinajstić information content (AvgIpc) is 2.53. The average molecular weight is 180 g/mol. The van der Waals surface area contributed by atoms with Gasteiger partial charge in [0.2, 0.25) is 0 Å². The summed E-state index contributed by atoms with van der Waals surface area (Å²) in [4.78, 5) is 0. The van der Waals surface area contributed by atoms with Gasteiger partial charge in [0.25, 0.3) is 0 Å². The van der Waals surface area contributed by atoms with Gasteiger partial charge in [0.1, 0.15) is 0 Å². The Hall–Kier alpha value is -1.22. The summed E-state index contributed by atoms with van der Waals surface area (Å²) in [5.74, 6) is -0.0900. The van der Waals surface area contributed by atoms with E-state index in [9.17, 15) is 0 Å². The van der Waals surface area contributed by atoms with Crippen molar-refractivity contribution in [1.29, 1.82) is 0 Å². The van der Waals surface area contributed by atoms with E-state index >= 15 is 0 Å². The highest BCUT2D eigenvalue weighted by Crippen LogP contribution is 2.24. The summed E-state index contributed by atoms with van der Waals surface area (Å²) in [6, 6.07) is 0. The van der Waals surface area contributed by atoms with Crippen LogP contribution in [-0.2, 0) is 0 Å². The molecule has 0 spiro atoms. The fourth-order valence-corrected chi connectivity index (χ4v) is 1.38. The van der Waals surface area contributed by atoms with Gasteiger partial charge in [-0.15, -0.1) is 0 Å². The van der Waals surface area contributed by atoms with Gasteiger partial charge in [-0.05, 0) is 37.5 Å². The number of nitrogens with two attached hydrogens (primary N) is 2. The number of hydrogen-bond donors (Lipinski definition) is 3. The van der Waals surface area contributed by atoms with Crippen molar-refractivity contribution in [2.45, 2.75) is 19.3 Å². The van der Waals surface area contributed by atoms with Crippen molar-refractivity contribution < 1.29 is 5.11 Å². The van der Waals surface area contributed by atoms with Crippen LogP contribution in [0.5, 0.6) is 0 Å². The summed E-state index contributed by atoms with van der Waals surface area (Å²) >= 11 is 0. The lowest BCUT2D eigenvalue weighted by Gasteiger charge is -2.04. The fourth-order valence-electron chi connectivity index (χ4n) is 1.38. The first-order valence-corrected chi connectivity index (χ1v) is 4.52. The Balaban J connectivity index is 2.48. The Labute approximate surface area is 78.4 Å². The number of aliphatic hydroxyl groups excluding tert-OH is 1. The van der Waals surface area contributed by atoms with Crippen molar-refractivity contribution in [2.24, 2.45) is 11.5 Å². The molecule has 0 aromatic rings. The third-order valence-corrected chi connectivity index (χ3v) is 2.08. The number of unbranched alkanes of at least 4 members (excludes halogenated alkanes) is 1. The molecule has 0 aromatic carbocycles. The standard InChI is InChI=1S/C10H16N2O/c11-7-2-1-4-8-5-3-6-9(8)10(12)13/h3,5-6,13H,1-2,4,7,11-12H2. The molecule has 1 aliphatic carbocycles. The van der Waals surface area contributed by atoms with Gasteiger partial charge in [0, 0.05) is 5.57 Å². The zero-order chi connectivity index (χ0) is 9.68. The first-order chi connectivity index (χ1) is 6.25. The molecule has 0 saturated heterocycles. The summed E-state index contributed by atoms with van der Waals surface area (Å²) in [6.07, 6.45) is 8.69. The van der Waals surface area contributed by atoms with Crippen LogP contribution in [0.25, 0.3) is 0 Å². The Morgan fingerprint density at radius 2 is 2.15 bits per heavy atom. The van der Waals surface area contributed by atoms with E-state index in [4.69, 9.17) is 16.6 Å². The molecule has 0 aliphatic heterocycles. The second-order valence-electron chi connectivity index (χ2n) is 3.10. The van der Waals surface area contributed by atoms with Crippen molar-refractivity contribution in [3.05, 3.63) is 35.3 Å². The molecule has 0 amide bonds. The summed E-state index contributed by atoms with van der Waals surface area (Å²) in [5, 5.41) is 9.12. The van der Waals surface area contributed by atoms with Crippen molar-refractivity contribution in [3.63, 3.8) is 0 Å². The number of rotatable bonds is 4. The van der Waals surface area contributed by atoms with E-state index in [1.165, 1.54) is 0 Å². The van der Waals surface area contributed by atoms with Crippen molar-refractivity contribution in [1.82, 2.24) is 0 Å². The van der Waals surface area contributed by atoms with Crippen LogP contribution in [-0.4, -0.2) is 11.7 Å². The highest BCUT2D eigenvalue weighted by molar-refractivity contribution is 5.48. The molecule has 72 valence electrons. The largest absolute Gasteiger partial charge is 0.495 e. The zero-order valence-corrected chi connectivity index (χ0v) is 7.66. The molecule has 0 saturated carbocycles. The highest BCUT2D eigenvalue weighted by atomic mass is 16.3. The monoisotopic (exact) mass is 180 g/mol. The van der Waals surface area contributed by atoms with Crippen LogP contribution in [0.3, 0.4) is 0 Å². The van der Waals surface area contributed by atoms with Gasteiger partial charge in [-0.2, -0.15) is 0 Å². The molecule has 0 aromatic heterocycles. The van der Waals surface area contributed by atoms with Crippen LogP contribution in [0, 0.1) is 0 Å². The third kappa shape index (κ3) is 2.63. The molecule has 1 aliphatic rings. The maximum atomic E-state index is 9.12. The first kappa shape index (κ1) is 9.86. The van der Waals surface area contributed by atoms with Crippen LogP contribution in [0.15, 0.2) is 35.3 Å². The van der Waals surface area contributed by atoms with Crippen molar-refractivity contribution >= 4 is 0 Å². The summed E-state index contributed by atoms with van der Waals surface area (Å²) in [7, 11) is 0. The molecule has 3 heteroatoms. The molecule has 0 bridgehead atoms. The fraction of sp³-hybridized carbons (Fsp3) is 0.400. The number of aliphatic hydroxyl groups is 1. The summed E-state index contributed by atoms with van der Waals surface area (Å²) in [5.41, 5.74) is 12.6. The second kappa shape index (κ2) is 4.72. The predicted octanol–water partition coefficient (Wildman–Crippen LogP) is 1.34. The smallest absolute Gasteiger partial charge is 0.189 e. The normalized spacial score (nSPS) is 19.0. The minimum absolute atomic E-state index is 0.0900. The SMILES string of the molecule is NCCCCC1=CC=CC1=C(N)O. The van der Waals surface area contributed by atoms with Gasteiger partial charge < -0.3 is 16.6 Å². The number of hydrogen-bond acceptors (Lipinski definition) is 3. The number of allylic oxidation sites excluding steroid dienone is 5. The third-order valence-electron chi connectivity index (χ3n) is 2.08. The maximum Gasteiger partial charge on any atom is 0.189 e. The van der Waals surface area contributed by atoms with Gasteiger partial charge >= 0.3 is 0 Å². The van der Waals surface area contributed by atoms with Crippen LogP contribution >= 0.6 is 0 Å². The van der Waals surface area contributed by atoms with Gasteiger partial charge in [-0.25, -0.2) is 0 Å². The van der Waals surface area contributed by atoms with Gasteiger partial charge in [-0.3, -0.25) is 0 Å². The molecule has 1 rings (SSSR count). The van der Waals surface area contributed by atoms with E-state index in [1.807, 2.05) is 18.2 Å². The van der Waals surface area contributed by atoms with Gasteiger partial charge in [0.15, 0.2) is 5.88 Å². The lowest BCUT2D eigenvalue weighted by Crippen LogP contribution is -2.02. The minimum Gasteiger partial charge on any atom is -0.495 e. The van der Waals surface area contributed by atoms with Gasteiger partial charge in [-0.1, -0.05) is 12.2 Å². The molecular formula is C10H16N2O. The van der Waals surface area contributed by atoms with Crippen molar-refractivity contribution in [2.75, 3.05) is 6.54 Å².